The van der Waals surface area contributed by atoms with Crippen molar-refractivity contribution in [2.75, 3.05) is 20.6 Å². The van der Waals surface area contributed by atoms with Crippen LogP contribution in [-0.4, -0.2) is 47.8 Å². The predicted octanol–water partition coefficient (Wildman–Crippen LogP) is 1.11. The Morgan fingerprint density at radius 2 is 1.88 bits per heavy atom. The molecule has 2 amide bonds. The van der Waals surface area contributed by atoms with E-state index in [1.807, 2.05) is 20.8 Å². The van der Waals surface area contributed by atoms with Crippen LogP contribution in [0.5, 0.6) is 0 Å². The normalized spacial score (nSPS) is 25.0. The van der Waals surface area contributed by atoms with Crippen LogP contribution in [0.3, 0.4) is 0 Å². The van der Waals surface area contributed by atoms with Crippen LogP contribution in [0.15, 0.2) is 0 Å². The summed E-state index contributed by atoms with van der Waals surface area (Å²) in [4.78, 5) is 27.5. The number of likely N-dealkylation sites (tertiary alicyclic amines) is 1. The van der Waals surface area contributed by atoms with Crippen molar-refractivity contribution in [2.24, 2.45) is 5.92 Å². The zero-order valence-electron chi connectivity index (χ0n) is 10.9. The maximum absolute atomic E-state index is 12.1. The molecule has 4 nitrogen and oxygen atoms in total. The average Bonchev–Trinajstić information content (AvgIpc) is 2.58. The summed E-state index contributed by atoms with van der Waals surface area (Å²) in [7, 11) is 3.48. The Morgan fingerprint density at radius 1 is 1.31 bits per heavy atom. The van der Waals surface area contributed by atoms with E-state index in [0.29, 0.717) is 6.54 Å². The highest BCUT2D eigenvalue weighted by molar-refractivity contribution is 5.92. The van der Waals surface area contributed by atoms with Gasteiger partial charge in [-0.15, -0.1) is 0 Å². The summed E-state index contributed by atoms with van der Waals surface area (Å²) in [5.41, 5.74) is -0.634. The van der Waals surface area contributed by atoms with E-state index in [0.717, 1.165) is 12.8 Å². The Bertz CT molecular complexity index is 299. The number of carbonyl (C=O) groups excluding carboxylic acids is 2. The van der Waals surface area contributed by atoms with E-state index in [1.165, 1.54) is 0 Å². The monoisotopic (exact) mass is 226 g/mol. The Hall–Kier alpha value is -1.06. The standard InChI is InChI=1S/C12H22N2O2/c1-9(2)10(15)14-8-6-7-12(14,3)11(16)13(4)5/h9H,6-8H2,1-5H3. The summed E-state index contributed by atoms with van der Waals surface area (Å²) in [6, 6.07) is 0. The van der Waals surface area contributed by atoms with Crippen LogP contribution in [0.2, 0.25) is 0 Å². The fraction of sp³-hybridized carbons (Fsp3) is 0.833. The van der Waals surface area contributed by atoms with Gasteiger partial charge in [0.25, 0.3) is 0 Å². The summed E-state index contributed by atoms with van der Waals surface area (Å²) < 4.78 is 0. The molecule has 1 aliphatic rings. The lowest BCUT2D eigenvalue weighted by atomic mass is 9.96. The summed E-state index contributed by atoms with van der Waals surface area (Å²) in [5.74, 6) is 0.0570. The molecule has 1 fully saturated rings. The van der Waals surface area contributed by atoms with Gasteiger partial charge in [0, 0.05) is 26.6 Å². The minimum absolute atomic E-state index is 0.0269. The van der Waals surface area contributed by atoms with E-state index in [4.69, 9.17) is 0 Å². The molecule has 0 spiro atoms. The third-order valence-electron chi connectivity index (χ3n) is 3.27. The van der Waals surface area contributed by atoms with E-state index < -0.39 is 5.54 Å². The lowest BCUT2D eigenvalue weighted by molar-refractivity contribution is -0.150. The highest BCUT2D eigenvalue weighted by Gasteiger charge is 2.46. The second-order valence-corrected chi connectivity index (χ2v) is 5.22. The van der Waals surface area contributed by atoms with Gasteiger partial charge in [-0.05, 0) is 19.8 Å². The molecule has 1 atom stereocenters. The summed E-state index contributed by atoms with van der Waals surface area (Å²) in [5, 5.41) is 0. The highest BCUT2D eigenvalue weighted by Crippen LogP contribution is 2.31. The first-order valence-electron chi connectivity index (χ1n) is 5.84. The van der Waals surface area contributed by atoms with E-state index in [2.05, 4.69) is 0 Å². The predicted molar refractivity (Wildman–Crippen MR) is 62.9 cm³/mol. The van der Waals surface area contributed by atoms with Crippen molar-refractivity contribution in [3.63, 3.8) is 0 Å². The SMILES string of the molecule is CC(C)C(=O)N1CCCC1(C)C(=O)N(C)C. The molecule has 1 aliphatic heterocycles. The molecule has 0 aliphatic carbocycles. The van der Waals surface area contributed by atoms with E-state index in [-0.39, 0.29) is 17.7 Å². The van der Waals surface area contributed by atoms with Gasteiger partial charge >= 0.3 is 0 Å². The fourth-order valence-corrected chi connectivity index (χ4v) is 2.33. The van der Waals surface area contributed by atoms with Crippen LogP contribution in [0.1, 0.15) is 33.6 Å². The number of amides is 2. The molecule has 0 aromatic rings. The van der Waals surface area contributed by atoms with E-state index in [1.54, 1.807) is 23.9 Å². The van der Waals surface area contributed by atoms with Crippen molar-refractivity contribution < 1.29 is 9.59 Å². The molecule has 1 unspecified atom stereocenters. The third kappa shape index (κ3) is 2.06. The van der Waals surface area contributed by atoms with Crippen LogP contribution in [-0.2, 0) is 9.59 Å². The molecule has 4 heteroatoms. The first kappa shape index (κ1) is 13.0. The van der Waals surface area contributed by atoms with Gasteiger partial charge in [-0.25, -0.2) is 0 Å². The van der Waals surface area contributed by atoms with Crippen LogP contribution in [0.4, 0.5) is 0 Å². The summed E-state index contributed by atoms with van der Waals surface area (Å²) in [6.45, 7) is 6.33. The minimum Gasteiger partial charge on any atom is -0.347 e. The lowest BCUT2D eigenvalue weighted by Gasteiger charge is -2.36. The van der Waals surface area contributed by atoms with Crippen molar-refractivity contribution in [2.45, 2.75) is 39.2 Å². The molecule has 0 aromatic heterocycles. The second kappa shape index (κ2) is 4.44. The Kier molecular flexibility index (Phi) is 3.61. The van der Waals surface area contributed by atoms with Gasteiger partial charge in [-0.2, -0.15) is 0 Å². The van der Waals surface area contributed by atoms with Crippen LogP contribution >= 0.6 is 0 Å². The smallest absolute Gasteiger partial charge is 0.247 e. The first-order valence-corrected chi connectivity index (χ1v) is 5.84. The van der Waals surface area contributed by atoms with Gasteiger partial charge in [-0.3, -0.25) is 9.59 Å². The molecule has 0 N–H and O–H groups in total. The Labute approximate surface area is 97.6 Å². The number of rotatable bonds is 2. The van der Waals surface area contributed by atoms with E-state index in [9.17, 15) is 9.59 Å². The fourth-order valence-electron chi connectivity index (χ4n) is 2.33. The molecular formula is C12H22N2O2. The molecule has 1 rings (SSSR count). The number of hydrogen-bond donors (Lipinski definition) is 0. The molecule has 16 heavy (non-hydrogen) atoms. The van der Waals surface area contributed by atoms with Gasteiger partial charge < -0.3 is 9.80 Å². The molecule has 0 bridgehead atoms. The molecule has 92 valence electrons. The lowest BCUT2D eigenvalue weighted by Crippen LogP contribution is -2.55. The topological polar surface area (TPSA) is 40.6 Å². The molecule has 1 saturated heterocycles. The van der Waals surface area contributed by atoms with Crippen molar-refractivity contribution in [1.82, 2.24) is 9.80 Å². The quantitative estimate of drug-likeness (QED) is 0.707. The maximum atomic E-state index is 12.1. The van der Waals surface area contributed by atoms with Gasteiger partial charge in [0.15, 0.2) is 0 Å². The average molecular weight is 226 g/mol. The molecule has 0 radical (unpaired) electrons. The van der Waals surface area contributed by atoms with Crippen molar-refractivity contribution in [1.29, 1.82) is 0 Å². The van der Waals surface area contributed by atoms with Crippen LogP contribution in [0.25, 0.3) is 0 Å². The minimum atomic E-state index is -0.634. The van der Waals surface area contributed by atoms with Gasteiger partial charge in [0.1, 0.15) is 5.54 Å². The number of nitrogens with zero attached hydrogens (tertiary/aromatic N) is 2. The maximum Gasteiger partial charge on any atom is 0.247 e. The molecular weight excluding hydrogens is 204 g/mol. The van der Waals surface area contributed by atoms with Crippen LogP contribution < -0.4 is 0 Å². The number of carbonyl (C=O) groups is 2. The van der Waals surface area contributed by atoms with Crippen molar-refractivity contribution in [3.05, 3.63) is 0 Å². The number of likely N-dealkylation sites (N-methyl/N-ethyl adjacent to an activating group) is 1. The van der Waals surface area contributed by atoms with Gasteiger partial charge in [-0.1, -0.05) is 13.8 Å². The zero-order chi connectivity index (χ0) is 12.5. The van der Waals surface area contributed by atoms with Gasteiger partial charge in [0.2, 0.25) is 11.8 Å². The van der Waals surface area contributed by atoms with E-state index >= 15 is 0 Å². The Morgan fingerprint density at radius 3 is 2.31 bits per heavy atom. The summed E-state index contributed by atoms with van der Waals surface area (Å²) in [6.07, 6.45) is 1.68. The first-order chi connectivity index (χ1) is 7.30. The molecule has 0 aromatic carbocycles. The number of hydrogen-bond acceptors (Lipinski definition) is 2. The molecule has 1 heterocycles. The van der Waals surface area contributed by atoms with Gasteiger partial charge in [0.05, 0.1) is 0 Å². The highest BCUT2D eigenvalue weighted by atomic mass is 16.2. The Balaban J connectivity index is 2.94. The van der Waals surface area contributed by atoms with Crippen molar-refractivity contribution in [3.8, 4) is 0 Å². The third-order valence-corrected chi connectivity index (χ3v) is 3.27. The second-order valence-electron chi connectivity index (χ2n) is 5.22. The largest absolute Gasteiger partial charge is 0.347 e. The zero-order valence-corrected chi connectivity index (χ0v) is 10.9. The summed E-state index contributed by atoms with van der Waals surface area (Å²) >= 11 is 0. The molecule has 0 saturated carbocycles. The van der Waals surface area contributed by atoms with Crippen LogP contribution in [0, 0.1) is 5.92 Å². The van der Waals surface area contributed by atoms with Crippen molar-refractivity contribution >= 4 is 11.8 Å².